The molecule has 1 atom stereocenters. The SMILES string of the molecule is CCC(N=C=O)C(N=C=O)(c1ccccc1)c1ccccc1. The van der Waals surface area contributed by atoms with Crippen molar-refractivity contribution in [3.8, 4) is 0 Å². The molecule has 0 aromatic heterocycles. The topological polar surface area (TPSA) is 58.9 Å². The molecule has 0 fully saturated rings. The average molecular weight is 292 g/mol. The van der Waals surface area contributed by atoms with Gasteiger partial charge in [-0.25, -0.2) is 9.59 Å². The van der Waals surface area contributed by atoms with Crippen LogP contribution in [0.3, 0.4) is 0 Å². The number of nitrogens with zero attached hydrogens (tertiary/aromatic N) is 2. The van der Waals surface area contributed by atoms with Gasteiger partial charge in [0.15, 0.2) is 0 Å². The molecule has 0 heterocycles. The van der Waals surface area contributed by atoms with Crippen LogP contribution in [0.1, 0.15) is 24.5 Å². The summed E-state index contributed by atoms with van der Waals surface area (Å²) in [6, 6.07) is 18.2. The fourth-order valence-corrected chi connectivity index (χ4v) is 2.76. The third-order valence-corrected chi connectivity index (χ3v) is 3.73. The largest absolute Gasteiger partial charge is 0.236 e. The first-order valence-corrected chi connectivity index (χ1v) is 7.06. The van der Waals surface area contributed by atoms with Crippen molar-refractivity contribution < 1.29 is 9.59 Å². The van der Waals surface area contributed by atoms with Crippen LogP contribution in [-0.4, -0.2) is 18.2 Å². The summed E-state index contributed by atoms with van der Waals surface area (Å²) in [4.78, 5) is 30.0. The van der Waals surface area contributed by atoms with E-state index < -0.39 is 11.6 Å². The Balaban J connectivity index is 2.81. The van der Waals surface area contributed by atoms with Crippen LogP contribution in [0, 0.1) is 0 Å². The molecule has 2 aromatic carbocycles. The van der Waals surface area contributed by atoms with Crippen molar-refractivity contribution in [2.45, 2.75) is 24.9 Å². The zero-order valence-corrected chi connectivity index (χ0v) is 12.3. The van der Waals surface area contributed by atoms with Gasteiger partial charge in [0.1, 0.15) is 5.54 Å². The van der Waals surface area contributed by atoms with E-state index in [-0.39, 0.29) is 0 Å². The van der Waals surface area contributed by atoms with Gasteiger partial charge in [-0.3, -0.25) is 0 Å². The molecule has 0 saturated heterocycles. The molecule has 0 radical (unpaired) electrons. The number of hydrogen-bond donors (Lipinski definition) is 0. The van der Waals surface area contributed by atoms with E-state index in [0.717, 1.165) is 11.1 Å². The molecule has 22 heavy (non-hydrogen) atoms. The number of isocyanates is 2. The van der Waals surface area contributed by atoms with E-state index in [2.05, 4.69) is 9.98 Å². The Morgan fingerprint density at radius 1 is 0.909 bits per heavy atom. The van der Waals surface area contributed by atoms with Crippen molar-refractivity contribution in [2.75, 3.05) is 0 Å². The third kappa shape index (κ3) is 2.79. The lowest BCUT2D eigenvalue weighted by Gasteiger charge is -2.33. The molecule has 0 N–H and O–H groups in total. The smallest absolute Gasteiger partial charge is 0.211 e. The second kappa shape index (κ2) is 7.28. The molecule has 1 unspecified atom stereocenters. The van der Waals surface area contributed by atoms with Crippen LogP contribution >= 0.6 is 0 Å². The lowest BCUT2D eigenvalue weighted by atomic mass is 9.76. The van der Waals surface area contributed by atoms with Crippen molar-refractivity contribution >= 4 is 12.2 Å². The summed E-state index contributed by atoms with van der Waals surface area (Å²) in [6.07, 6.45) is 3.80. The minimum Gasteiger partial charge on any atom is -0.211 e. The van der Waals surface area contributed by atoms with Gasteiger partial charge in [-0.05, 0) is 17.5 Å². The summed E-state index contributed by atoms with van der Waals surface area (Å²) in [5.74, 6) is 0. The standard InChI is InChI=1S/C18H16N2O2/c1-2-17(19-13-21)18(20-14-22,15-9-5-3-6-10-15)16-11-7-4-8-12-16/h3-12,17H,2H2,1H3. The molecule has 0 bridgehead atoms. The highest BCUT2D eigenvalue weighted by atomic mass is 16.1. The van der Waals surface area contributed by atoms with Crippen LogP contribution in [0.25, 0.3) is 0 Å². The number of aliphatic imine (C=N–C) groups is 2. The quantitative estimate of drug-likeness (QED) is 0.605. The molecule has 0 amide bonds. The predicted molar refractivity (Wildman–Crippen MR) is 84.0 cm³/mol. The van der Waals surface area contributed by atoms with Gasteiger partial charge in [-0.15, -0.1) is 0 Å². The Labute approximate surface area is 129 Å². The molecule has 0 aliphatic heterocycles. The van der Waals surface area contributed by atoms with Gasteiger partial charge in [0.25, 0.3) is 0 Å². The maximum absolute atomic E-state index is 11.2. The normalized spacial score (nSPS) is 11.9. The predicted octanol–water partition coefficient (Wildman–Crippen LogP) is 3.38. The summed E-state index contributed by atoms with van der Waals surface area (Å²) in [6.45, 7) is 1.90. The summed E-state index contributed by atoms with van der Waals surface area (Å²) in [5, 5.41) is 0. The molecule has 0 aliphatic carbocycles. The van der Waals surface area contributed by atoms with E-state index in [1.165, 1.54) is 0 Å². The fraction of sp³-hybridized carbons (Fsp3) is 0.222. The minimum absolute atomic E-state index is 0.531. The maximum atomic E-state index is 11.2. The minimum atomic E-state index is -1.07. The van der Waals surface area contributed by atoms with Gasteiger partial charge in [0, 0.05) is 0 Å². The van der Waals surface area contributed by atoms with E-state index in [0.29, 0.717) is 6.42 Å². The van der Waals surface area contributed by atoms with Crippen LogP contribution in [-0.2, 0) is 15.1 Å². The fourth-order valence-electron chi connectivity index (χ4n) is 2.76. The number of carbonyl (C=O) groups excluding carboxylic acids is 2. The van der Waals surface area contributed by atoms with Crippen LogP contribution in [0.4, 0.5) is 0 Å². The molecule has 4 nitrogen and oxygen atoms in total. The molecular weight excluding hydrogens is 276 g/mol. The number of rotatable bonds is 6. The lowest BCUT2D eigenvalue weighted by Crippen LogP contribution is -2.37. The van der Waals surface area contributed by atoms with Crippen LogP contribution in [0.15, 0.2) is 70.6 Å². The van der Waals surface area contributed by atoms with Gasteiger partial charge in [-0.1, -0.05) is 67.6 Å². The Morgan fingerprint density at radius 3 is 1.77 bits per heavy atom. The Kier molecular flexibility index (Phi) is 5.16. The van der Waals surface area contributed by atoms with Crippen molar-refractivity contribution in [3.05, 3.63) is 71.8 Å². The first-order chi connectivity index (χ1) is 10.8. The summed E-state index contributed by atoms with van der Waals surface area (Å²) in [7, 11) is 0. The van der Waals surface area contributed by atoms with Gasteiger partial charge in [-0.2, -0.15) is 9.98 Å². The highest BCUT2D eigenvalue weighted by molar-refractivity contribution is 5.48. The molecule has 2 aromatic rings. The van der Waals surface area contributed by atoms with Crippen molar-refractivity contribution in [1.82, 2.24) is 0 Å². The maximum Gasteiger partial charge on any atom is 0.236 e. The second-order valence-corrected chi connectivity index (χ2v) is 4.85. The van der Waals surface area contributed by atoms with Crippen LogP contribution < -0.4 is 0 Å². The Hall–Kier alpha value is -2.80. The van der Waals surface area contributed by atoms with Crippen LogP contribution in [0.5, 0.6) is 0 Å². The van der Waals surface area contributed by atoms with Crippen LogP contribution in [0.2, 0.25) is 0 Å². The average Bonchev–Trinajstić information content (AvgIpc) is 2.59. The van der Waals surface area contributed by atoms with Gasteiger partial charge in [0.05, 0.1) is 6.04 Å². The van der Waals surface area contributed by atoms with E-state index in [9.17, 15) is 9.59 Å². The summed E-state index contributed by atoms with van der Waals surface area (Å²) in [5.41, 5.74) is 0.502. The van der Waals surface area contributed by atoms with E-state index in [1.54, 1.807) is 12.2 Å². The second-order valence-electron chi connectivity index (χ2n) is 4.85. The monoisotopic (exact) mass is 292 g/mol. The van der Waals surface area contributed by atoms with Gasteiger partial charge >= 0.3 is 0 Å². The molecular formula is C18H16N2O2. The highest BCUT2D eigenvalue weighted by Gasteiger charge is 2.42. The first kappa shape index (κ1) is 15.6. The van der Waals surface area contributed by atoms with Crippen molar-refractivity contribution in [1.29, 1.82) is 0 Å². The van der Waals surface area contributed by atoms with Gasteiger partial charge in [0.2, 0.25) is 12.2 Å². The Bertz CT molecular complexity index is 661. The zero-order chi connectivity index (χ0) is 15.8. The zero-order valence-electron chi connectivity index (χ0n) is 12.3. The van der Waals surface area contributed by atoms with Gasteiger partial charge < -0.3 is 0 Å². The number of benzene rings is 2. The molecule has 2 rings (SSSR count). The van der Waals surface area contributed by atoms with Crippen molar-refractivity contribution in [2.24, 2.45) is 9.98 Å². The number of hydrogen-bond acceptors (Lipinski definition) is 4. The molecule has 4 heteroatoms. The van der Waals surface area contributed by atoms with E-state index >= 15 is 0 Å². The molecule has 0 spiro atoms. The lowest BCUT2D eigenvalue weighted by molar-refractivity contribution is 0.408. The summed E-state index contributed by atoms with van der Waals surface area (Å²) >= 11 is 0. The first-order valence-electron chi connectivity index (χ1n) is 7.06. The molecule has 0 aliphatic rings. The highest BCUT2D eigenvalue weighted by Crippen LogP contribution is 2.39. The molecule has 110 valence electrons. The van der Waals surface area contributed by atoms with E-state index in [4.69, 9.17) is 0 Å². The molecule has 0 saturated carbocycles. The van der Waals surface area contributed by atoms with E-state index in [1.807, 2.05) is 67.6 Å². The summed E-state index contributed by atoms with van der Waals surface area (Å²) < 4.78 is 0. The third-order valence-electron chi connectivity index (χ3n) is 3.73. The van der Waals surface area contributed by atoms with Crippen molar-refractivity contribution in [3.63, 3.8) is 0 Å². The Morgan fingerprint density at radius 2 is 1.41 bits per heavy atom.